The monoisotopic (exact) mass is 490 g/mol. The quantitative estimate of drug-likeness (QED) is 0.252. The molecule has 2 fully saturated rings. The molecule has 0 aromatic carbocycles. The Morgan fingerprint density at radius 3 is 1.29 bits per heavy atom. The molecule has 5 heteroatoms. The van der Waals surface area contributed by atoms with Crippen LogP contribution >= 0.6 is 0 Å². The number of aryl methyl sites for hydroxylation is 2. The van der Waals surface area contributed by atoms with Gasteiger partial charge in [0.2, 0.25) is 6.33 Å². The maximum absolute atomic E-state index is 4.69. The smallest absolute Gasteiger partial charge is 0.243 e. The maximum atomic E-state index is 4.69. The number of hydrogen-bond donors (Lipinski definition) is 0. The largest absolute Gasteiger partial charge is 0.385 e. The zero-order valence-corrected chi connectivity index (χ0v) is 24.5. The zero-order valence-electron chi connectivity index (χ0n) is 24.5. The molecule has 1 spiro atoms. The van der Waals surface area contributed by atoms with Crippen LogP contribution in [0.3, 0.4) is 0 Å². The molecule has 1 aromatic heterocycles. The van der Waals surface area contributed by atoms with Crippen LogP contribution in [0, 0.1) is 29.7 Å². The average Bonchev–Trinajstić information content (AvgIpc) is 3.17. The van der Waals surface area contributed by atoms with Crippen molar-refractivity contribution in [3.8, 4) is 0 Å². The molecule has 3 rings (SSSR count). The second-order valence-corrected chi connectivity index (χ2v) is 8.25. The van der Waals surface area contributed by atoms with Gasteiger partial charge in [0.25, 0.3) is 0 Å². The third kappa shape index (κ3) is 24.2. The molecule has 0 aliphatic carbocycles. The van der Waals surface area contributed by atoms with Crippen LogP contribution in [0.1, 0.15) is 79.6 Å². The first kappa shape index (κ1) is 46.4. The summed E-state index contributed by atoms with van der Waals surface area (Å²) in [6, 6.07) is 0. The summed E-state index contributed by atoms with van der Waals surface area (Å²) in [4.78, 5) is 0. The van der Waals surface area contributed by atoms with Crippen molar-refractivity contribution in [1.82, 2.24) is 4.57 Å². The van der Waals surface area contributed by atoms with Gasteiger partial charge in [-0.15, -0.1) is 0 Å². The minimum Gasteiger partial charge on any atom is -0.385 e. The molecule has 2 aliphatic rings. The molecule has 34 heavy (non-hydrogen) atoms. The van der Waals surface area contributed by atoms with Gasteiger partial charge in [0.05, 0.1) is 39.8 Å². The molecule has 5 nitrogen and oxygen atoms in total. The summed E-state index contributed by atoms with van der Waals surface area (Å²) in [7, 11) is 5.44. The van der Waals surface area contributed by atoms with Crippen LogP contribution in [-0.2, 0) is 23.1 Å². The molecule has 0 atom stereocenters. The van der Waals surface area contributed by atoms with E-state index in [0.717, 1.165) is 32.6 Å². The van der Waals surface area contributed by atoms with E-state index in [1.165, 1.54) is 69.2 Å². The van der Waals surface area contributed by atoms with Gasteiger partial charge in [-0.25, -0.2) is 9.13 Å². The lowest BCUT2D eigenvalue weighted by atomic mass is 10.0. The molecule has 212 valence electrons. The highest BCUT2D eigenvalue weighted by molar-refractivity contribution is 4.63. The fourth-order valence-electron chi connectivity index (χ4n) is 3.91. The minimum atomic E-state index is 0. The van der Waals surface area contributed by atoms with E-state index in [4.69, 9.17) is 9.47 Å². The Hall–Kier alpha value is -0.910. The standard InChI is InChI=1S/C10H20N.C6H11N2.2C4H10O.CH4.4CH3/c1-3-7-11(8-4-1)9-5-2-6-10-11;1-3-8-5-4-7(2)6-8;2*1-3-4-5-2;;;;;/h1-10H2;4-6H,3H2,1-2H3;2*3-4H2,1-2H3;1H4;4*1H3/q2*+1;;;;4*-1. The molecule has 3 heterocycles. The number of ether oxygens (including phenoxy) is 2. The molecule has 2 saturated heterocycles. The number of methoxy groups -OCH3 is 2. The van der Waals surface area contributed by atoms with Crippen LogP contribution in [-0.4, -0.2) is 62.7 Å². The molecule has 0 amide bonds. The van der Waals surface area contributed by atoms with Crippen LogP contribution in [0.25, 0.3) is 0 Å². The zero-order chi connectivity index (χ0) is 21.8. The fraction of sp³-hybridized carbons (Fsp3) is 0.759. The highest BCUT2D eigenvalue weighted by Gasteiger charge is 2.30. The SMILES string of the molecule is C.C1CC[N+]2(CC1)CCCCC2.CCCOC.CCCOC.CCn1cc[n+](C)c1.[CH3-].[CH3-].[CH3-].[CH3-]. The van der Waals surface area contributed by atoms with Crippen LogP contribution in [0.15, 0.2) is 18.7 Å². The average molecular weight is 490 g/mol. The number of aromatic nitrogens is 2. The van der Waals surface area contributed by atoms with E-state index in [2.05, 4.69) is 37.9 Å². The van der Waals surface area contributed by atoms with Crippen molar-refractivity contribution in [2.45, 2.75) is 86.1 Å². The number of rotatable bonds is 5. The Balaban J connectivity index is -0.0000000774. The summed E-state index contributed by atoms with van der Waals surface area (Å²) in [5, 5.41) is 0. The van der Waals surface area contributed by atoms with E-state index in [9.17, 15) is 0 Å². The Labute approximate surface area is 218 Å². The number of nitrogens with zero attached hydrogens (tertiary/aromatic N) is 3. The van der Waals surface area contributed by atoms with E-state index < -0.39 is 0 Å². The van der Waals surface area contributed by atoms with Crippen molar-refractivity contribution in [2.24, 2.45) is 7.05 Å². The topological polar surface area (TPSA) is 27.3 Å². The van der Waals surface area contributed by atoms with Crippen molar-refractivity contribution in [3.05, 3.63) is 48.4 Å². The lowest BCUT2D eigenvalue weighted by molar-refractivity contribution is -0.936. The summed E-state index contributed by atoms with van der Waals surface area (Å²) in [5.74, 6) is 0. The van der Waals surface area contributed by atoms with E-state index in [-0.39, 0.29) is 37.1 Å². The Bertz CT molecular complexity index is 422. The lowest BCUT2D eigenvalue weighted by Gasteiger charge is -2.44. The first-order valence-corrected chi connectivity index (χ1v) is 11.9. The van der Waals surface area contributed by atoms with Crippen molar-refractivity contribution < 1.29 is 18.5 Å². The van der Waals surface area contributed by atoms with Gasteiger partial charge in [-0.2, -0.15) is 0 Å². The van der Waals surface area contributed by atoms with E-state index in [0.29, 0.717) is 0 Å². The molecule has 1 aromatic rings. The highest BCUT2D eigenvalue weighted by Crippen LogP contribution is 2.24. The fourth-order valence-corrected chi connectivity index (χ4v) is 3.91. The van der Waals surface area contributed by atoms with Crippen LogP contribution in [0.5, 0.6) is 0 Å². The Morgan fingerprint density at radius 1 is 0.735 bits per heavy atom. The molecule has 0 saturated carbocycles. The first-order valence-electron chi connectivity index (χ1n) is 11.9. The third-order valence-corrected chi connectivity index (χ3v) is 5.54. The van der Waals surface area contributed by atoms with Crippen molar-refractivity contribution >= 4 is 0 Å². The van der Waals surface area contributed by atoms with Crippen molar-refractivity contribution in [3.63, 3.8) is 0 Å². The molecule has 0 N–H and O–H groups in total. The number of piperidine rings is 2. The van der Waals surface area contributed by atoms with Gasteiger partial charge in [-0.05, 0) is 58.3 Å². The lowest BCUT2D eigenvalue weighted by Crippen LogP contribution is -2.54. The minimum absolute atomic E-state index is 0. The molecule has 0 radical (unpaired) electrons. The second-order valence-electron chi connectivity index (χ2n) is 8.25. The summed E-state index contributed by atoms with van der Waals surface area (Å²) in [6.45, 7) is 15.1. The maximum Gasteiger partial charge on any atom is 0.243 e. The van der Waals surface area contributed by atoms with Gasteiger partial charge in [0.15, 0.2) is 0 Å². The molecule has 0 unspecified atom stereocenters. The van der Waals surface area contributed by atoms with Crippen molar-refractivity contribution in [1.29, 1.82) is 0 Å². The number of hydrogen-bond acceptors (Lipinski definition) is 2. The number of imidazole rings is 1. The summed E-state index contributed by atoms with van der Waals surface area (Å²) >= 11 is 0. The van der Waals surface area contributed by atoms with Gasteiger partial charge < -0.3 is 43.7 Å². The predicted octanol–water partition coefficient (Wildman–Crippen LogP) is 7.03. The highest BCUT2D eigenvalue weighted by atomic mass is 16.5. The summed E-state index contributed by atoms with van der Waals surface area (Å²) < 4.78 is 15.0. The molecular formula is C29H67N3O2-2. The van der Waals surface area contributed by atoms with Crippen molar-refractivity contribution in [2.75, 3.05) is 53.6 Å². The van der Waals surface area contributed by atoms with Gasteiger partial charge in [-0.1, -0.05) is 21.3 Å². The second kappa shape index (κ2) is 32.1. The Morgan fingerprint density at radius 2 is 1.12 bits per heavy atom. The molecule has 2 aliphatic heterocycles. The first-order chi connectivity index (χ1) is 14.1. The van der Waals surface area contributed by atoms with Gasteiger partial charge >= 0.3 is 0 Å². The van der Waals surface area contributed by atoms with E-state index >= 15 is 0 Å². The van der Waals surface area contributed by atoms with E-state index in [1.54, 1.807) is 14.2 Å². The molecular weight excluding hydrogens is 422 g/mol. The van der Waals surface area contributed by atoms with Gasteiger partial charge in [0.1, 0.15) is 12.4 Å². The van der Waals surface area contributed by atoms with Crippen LogP contribution in [0.4, 0.5) is 0 Å². The summed E-state index contributed by atoms with van der Waals surface area (Å²) in [6.07, 6.45) is 17.4. The summed E-state index contributed by atoms with van der Waals surface area (Å²) in [5.41, 5.74) is 0. The molecule has 0 bridgehead atoms. The Kier molecular flexibility index (Phi) is 43.8. The van der Waals surface area contributed by atoms with Crippen LogP contribution < -0.4 is 4.57 Å². The predicted molar refractivity (Wildman–Crippen MR) is 155 cm³/mol. The third-order valence-electron chi connectivity index (χ3n) is 5.54. The number of quaternary nitrogens is 1. The van der Waals surface area contributed by atoms with Gasteiger partial charge in [-0.3, -0.25) is 0 Å². The van der Waals surface area contributed by atoms with Crippen LogP contribution in [0.2, 0.25) is 0 Å². The van der Waals surface area contributed by atoms with Gasteiger partial charge in [0, 0.05) is 27.4 Å². The van der Waals surface area contributed by atoms with E-state index in [1.807, 2.05) is 17.8 Å². The normalized spacial score (nSPS) is 14.6.